The largest absolute Gasteiger partial charge is 0.545 e. The molecule has 0 saturated carbocycles. The molecule has 0 aliphatic heterocycles. The summed E-state index contributed by atoms with van der Waals surface area (Å²) in [6, 6.07) is 0. The summed E-state index contributed by atoms with van der Waals surface area (Å²) in [5.74, 6) is -2.37. The molecular formula is C74H119NO8. The molecule has 0 heterocycles. The van der Waals surface area contributed by atoms with Crippen molar-refractivity contribution in [1.29, 1.82) is 0 Å². The van der Waals surface area contributed by atoms with Crippen LogP contribution in [0.25, 0.3) is 0 Å². The van der Waals surface area contributed by atoms with Gasteiger partial charge < -0.3 is 33.3 Å². The van der Waals surface area contributed by atoms with Crippen LogP contribution < -0.4 is 5.11 Å². The molecule has 0 aromatic rings. The quantitative estimate of drug-likeness (QED) is 0.0195. The van der Waals surface area contributed by atoms with Crippen LogP contribution in [0.4, 0.5) is 0 Å². The number of unbranched alkanes of at least 4 members (excludes halogenated alkanes) is 17. The predicted octanol–water partition coefficient (Wildman–Crippen LogP) is 18.8. The Morgan fingerprint density at radius 2 is 0.663 bits per heavy atom. The molecule has 0 aromatic carbocycles. The van der Waals surface area contributed by atoms with Gasteiger partial charge in [0.15, 0.2) is 12.4 Å². The normalized spacial score (nSPS) is 13.8. The lowest BCUT2D eigenvalue weighted by Crippen LogP contribution is -2.44. The Morgan fingerprint density at radius 1 is 0.361 bits per heavy atom. The van der Waals surface area contributed by atoms with Crippen LogP contribution in [0.1, 0.15) is 232 Å². The molecule has 2 unspecified atom stereocenters. The first-order chi connectivity index (χ1) is 40.6. The minimum Gasteiger partial charge on any atom is -0.545 e. The summed E-state index contributed by atoms with van der Waals surface area (Å²) in [7, 11) is 5.90. The van der Waals surface area contributed by atoms with Crippen molar-refractivity contribution in [2.45, 2.75) is 245 Å². The van der Waals surface area contributed by atoms with E-state index in [1.807, 2.05) is 21.1 Å². The Labute approximate surface area is 508 Å². The fraction of sp³-hybridized carbons (Fsp3) is 0.608. The van der Waals surface area contributed by atoms with Crippen molar-refractivity contribution in [2.24, 2.45) is 0 Å². The van der Waals surface area contributed by atoms with E-state index in [9.17, 15) is 19.5 Å². The second-order valence-corrected chi connectivity index (χ2v) is 22.3. The van der Waals surface area contributed by atoms with Crippen LogP contribution in [-0.4, -0.2) is 82.3 Å². The monoisotopic (exact) mass is 1150 g/mol. The number of rotatable bonds is 58. The molecule has 468 valence electrons. The highest BCUT2D eigenvalue weighted by atomic mass is 16.7. The van der Waals surface area contributed by atoms with E-state index in [0.717, 1.165) is 109 Å². The van der Waals surface area contributed by atoms with E-state index in [2.05, 4.69) is 172 Å². The van der Waals surface area contributed by atoms with Crippen molar-refractivity contribution >= 4 is 17.9 Å². The number of carbonyl (C=O) groups excluding carboxylic acids is 3. The highest BCUT2D eigenvalue weighted by Gasteiger charge is 2.22. The molecule has 0 fully saturated rings. The van der Waals surface area contributed by atoms with Crippen LogP contribution in [0.2, 0.25) is 0 Å². The molecule has 0 bridgehead atoms. The second-order valence-electron chi connectivity index (χ2n) is 22.3. The first-order valence-corrected chi connectivity index (χ1v) is 32.6. The number of carbonyl (C=O) groups is 3. The molecule has 2 atom stereocenters. The van der Waals surface area contributed by atoms with E-state index in [-0.39, 0.29) is 32.7 Å². The van der Waals surface area contributed by atoms with Crippen LogP contribution in [0, 0.1) is 0 Å². The van der Waals surface area contributed by atoms with Crippen molar-refractivity contribution in [2.75, 3.05) is 47.5 Å². The van der Waals surface area contributed by atoms with Crippen molar-refractivity contribution in [3.8, 4) is 0 Å². The Hall–Kier alpha value is -5.09. The second kappa shape index (κ2) is 62.9. The van der Waals surface area contributed by atoms with Gasteiger partial charge >= 0.3 is 11.9 Å². The Morgan fingerprint density at radius 3 is 1.00 bits per heavy atom. The maximum absolute atomic E-state index is 12.9. The van der Waals surface area contributed by atoms with Crippen LogP contribution in [0.5, 0.6) is 0 Å². The molecular weight excluding hydrogens is 1030 g/mol. The highest BCUT2D eigenvalue weighted by molar-refractivity contribution is 5.70. The van der Waals surface area contributed by atoms with Crippen molar-refractivity contribution < 1.29 is 42.9 Å². The Balaban J connectivity index is 4.12. The lowest BCUT2D eigenvalue weighted by Gasteiger charge is -2.26. The maximum Gasteiger partial charge on any atom is 0.306 e. The van der Waals surface area contributed by atoms with Gasteiger partial charge in [-0.05, 0) is 116 Å². The summed E-state index contributed by atoms with van der Waals surface area (Å²) in [4.78, 5) is 37.3. The molecule has 0 N–H and O–H groups in total. The average Bonchev–Trinajstić information content (AvgIpc) is 3.46. The van der Waals surface area contributed by atoms with Gasteiger partial charge in [-0.25, -0.2) is 0 Å². The summed E-state index contributed by atoms with van der Waals surface area (Å²) in [5.41, 5.74) is 0. The van der Waals surface area contributed by atoms with Crippen LogP contribution >= 0.6 is 0 Å². The minimum atomic E-state index is -1.64. The number of nitrogens with zero attached hydrogens (tertiary/aromatic N) is 1. The molecule has 0 aliphatic rings. The summed E-state index contributed by atoms with van der Waals surface area (Å²) < 4.78 is 22.6. The lowest BCUT2D eigenvalue weighted by atomic mass is 10.0. The van der Waals surface area contributed by atoms with Gasteiger partial charge in [-0.1, -0.05) is 262 Å². The number of quaternary nitrogens is 1. The number of carboxylic acids is 1. The van der Waals surface area contributed by atoms with Crippen LogP contribution in [-0.2, 0) is 33.3 Å². The third kappa shape index (κ3) is 64.3. The number of aliphatic carboxylic acids is 1. The van der Waals surface area contributed by atoms with E-state index in [4.69, 9.17) is 18.9 Å². The third-order valence-corrected chi connectivity index (χ3v) is 13.3. The Bertz CT molecular complexity index is 1920. The molecule has 0 radical (unpaired) electrons. The van der Waals surface area contributed by atoms with Gasteiger partial charge in [-0.2, -0.15) is 0 Å². The molecule has 83 heavy (non-hydrogen) atoms. The Kier molecular flexibility index (Phi) is 59.1. The number of ether oxygens (including phenoxy) is 4. The number of carboxylic acid groups (broad SMARTS) is 1. The predicted molar refractivity (Wildman–Crippen MR) is 352 cm³/mol. The smallest absolute Gasteiger partial charge is 0.306 e. The first-order valence-electron chi connectivity index (χ1n) is 32.6. The van der Waals surface area contributed by atoms with Crippen molar-refractivity contribution in [1.82, 2.24) is 0 Å². The molecule has 0 saturated heterocycles. The molecule has 9 heteroatoms. The number of esters is 2. The molecule has 9 nitrogen and oxygen atoms in total. The van der Waals surface area contributed by atoms with Crippen LogP contribution in [0.15, 0.2) is 158 Å². The van der Waals surface area contributed by atoms with E-state index >= 15 is 0 Å². The fourth-order valence-corrected chi connectivity index (χ4v) is 8.35. The zero-order valence-corrected chi connectivity index (χ0v) is 53.2. The third-order valence-electron chi connectivity index (χ3n) is 13.3. The van der Waals surface area contributed by atoms with E-state index in [0.29, 0.717) is 23.9 Å². The van der Waals surface area contributed by atoms with Gasteiger partial charge in [0.1, 0.15) is 13.2 Å². The van der Waals surface area contributed by atoms with Gasteiger partial charge in [0.25, 0.3) is 0 Å². The average molecular weight is 1150 g/mol. The van der Waals surface area contributed by atoms with Crippen molar-refractivity contribution in [3.63, 3.8) is 0 Å². The van der Waals surface area contributed by atoms with Crippen molar-refractivity contribution in [3.05, 3.63) is 158 Å². The molecule has 0 spiro atoms. The molecule has 0 aliphatic carbocycles. The van der Waals surface area contributed by atoms with E-state index in [1.54, 1.807) is 0 Å². The van der Waals surface area contributed by atoms with Gasteiger partial charge in [0, 0.05) is 12.8 Å². The number of hydrogen-bond acceptors (Lipinski definition) is 8. The zero-order valence-electron chi connectivity index (χ0n) is 53.2. The topological polar surface area (TPSA) is 111 Å². The SMILES string of the molecule is CC/C=C\C/C=C\C/C=C\C/C=C\C/C=C\C/C=C\C/C=C\C/C=C\CCCCCCCCCCCCCCCCCCC(=O)OC(COC(=O)CCC/C=C\C/C=C\C/C=C\C/C=C\C/C=C\CC)COC(OCC[N+](C)(C)C)C(=O)[O-]. The molecule has 0 rings (SSSR count). The highest BCUT2D eigenvalue weighted by Crippen LogP contribution is 2.16. The van der Waals surface area contributed by atoms with Gasteiger partial charge in [-0.3, -0.25) is 9.59 Å². The number of likely N-dealkylation sites (N-methyl/N-ethyl adjacent to an activating group) is 1. The standard InChI is InChI=1S/C74H119NO8/c1-6-8-10-12-14-16-18-20-22-24-25-26-27-28-29-30-31-32-33-34-35-36-37-38-39-40-41-42-43-44-45-46-47-49-51-53-55-57-59-61-63-65-72(77)83-70(69-82-74(73(78)79)80-67-66-75(3,4)5)68-81-71(76)64-62-60-58-56-54-52-50-48-23-21-19-17-15-13-11-9-7-2/h8-11,14-17,20-23,25-26,28-29,31-32,34-35,37-38,50,52,56,58,70,74H,6-7,12-13,18-19,24,27,30,33,36,39-49,51,53-55,57,59-69H2,1-5H3/b10-8-,11-9-,16-14-,17-15-,22-20-,23-21-,26-25-,29-28-,32-31-,35-34-,38-37-,52-50-,58-56-. The van der Waals surface area contributed by atoms with Gasteiger partial charge in [0.05, 0.1) is 40.3 Å². The summed E-state index contributed by atoms with van der Waals surface area (Å²) in [6.07, 6.45) is 90.5. The van der Waals surface area contributed by atoms with E-state index < -0.39 is 30.3 Å². The van der Waals surface area contributed by atoms with Gasteiger partial charge in [0.2, 0.25) is 0 Å². The van der Waals surface area contributed by atoms with E-state index in [1.165, 1.54) is 83.5 Å². The maximum atomic E-state index is 12.9. The molecule has 0 aromatic heterocycles. The molecule has 0 amide bonds. The number of hydrogen-bond donors (Lipinski definition) is 0. The van der Waals surface area contributed by atoms with Gasteiger partial charge in [-0.15, -0.1) is 0 Å². The lowest BCUT2D eigenvalue weighted by molar-refractivity contribution is -0.870. The number of allylic oxidation sites excluding steroid dienone is 26. The minimum absolute atomic E-state index is 0.132. The fourth-order valence-electron chi connectivity index (χ4n) is 8.35. The first kappa shape index (κ1) is 77.9. The summed E-state index contributed by atoms with van der Waals surface area (Å²) in [5, 5.41) is 11.8. The zero-order chi connectivity index (χ0) is 60.5. The van der Waals surface area contributed by atoms with Crippen LogP contribution in [0.3, 0.4) is 0 Å². The summed E-state index contributed by atoms with van der Waals surface area (Å²) >= 11 is 0. The summed E-state index contributed by atoms with van der Waals surface area (Å²) in [6.45, 7) is 4.44.